The quantitative estimate of drug-likeness (QED) is 0.565. The predicted molar refractivity (Wildman–Crippen MR) is 98.4 cm³/mol. The first kappa shape index (κ1) is 16.5. The van der Waals surface area contributed by atoms with E-state index in [1.807, 2.05) is 31.2 Å². The topological polar surface area (TPSA) is 70.9 Å². The van der Waals surface area contributed by atoms with Crippen molar-refractivity contribution < 1.29 is 14.6 Å². The van der Waals surface area contributed by atoms with E-state index in [-0.39, 0.29) is 11.7 Å². The summed E-state index contributed by atoms with van der Waals surface area (Å²) >= 11 is 0. The van der Waals surface area contributed by atoms with E-state index >= 15 is 0 Å². The summed E-state index contributed by atoms with van der Waals surface area (Å²) < 4.78 is 5.19. The first-order valence-electron chi connectivity index (χ1n) is 7.77. The number of aryl methyl sites for hydroxylation is 1. The molecular weight excluding hydrogens is 316 g/mol. The van der Waals surface area contributed by atoms with Gasteiger partial charge in [-0.25, -0.2) is 5.43 Å². The molecule has 0 saturated carbocycles. The number of carbonyl (C=O) groups excluding carboxylic acids is 1. The molecule has 126 valence electrons. The molecule has 0 spiro atoms. The molecule has 5 nitrogen and oxygen atoms in total. The highest BCUT2D eigenvalue weighted by Crippen LogP contribution is 2.22. The molecule has 0 saturated heterocycles. The summed E-state index contributed by atoms with van der Waals surface area (Å²) in [6.07, 6.45) is 1.42. The van der Waals surface area contributed by atoms with Crippen LogP contribution in [0.4, 0.5) is 0 Å². The molecule has 5 heteroatoms. The third-order valence-electron chi connectivity index (χ3n) is 3.86. The standard InChI is InChI=1S/C20H18N2O3/c1-13-3-8-19(23)17(9-13)12-21-22-20(24)16-5-4-15-11-18(25-2)7-6-14(15)10-16/h3-12,23H,1-2H3,(H,22,24)/b21-12-. The fourth-order valence-corrected chi connectivity index (χ4v) is 2.49. The summed E-state index contributed by atoms with van der Waals surface area (Å²) in [5, 5.41) is 15.6. The Morgan fingerprint density at radius 2 is 1.84 bits per heavy atom. The minimum Gasteiger partial charge on any atom is -0.507 e. The van der Waals surface area contributed by atoms with Gasteiger partial charge in [-0.05, 0) is 54.1 Å². The molecule has 3 aromatic rings. The summed E-state index contributed by atoms with van der Waals surface area (Å²) in [5.41, 5.74) is 4.52. The molecule has 0 fully saturated rings. The van der Waals surface area contributed by atoms with E-state index in [1.165, 1.54) is 6.21 Å². The van der Waals surface area contributed by atoms with Gasteiger partial charge >= 0.3 is 0 Å². The average Bonchev–Trinajstić information content (AvgIpc) is 2.63. The van der Waals surface area contributed by atoms with Gasteiger partial charge in [-0.1, -0.05) is 23.8 Å². The van der Waals surface area contributed by atoms with Gasteiger partial charge in [-0.2, -0.15) is 5.10 Å². The number of ether oxygens (including phenoxy) is 1. The van der Waals surface area contributed by atoms with Crippen molar-refractivity contribution in [2.45, 2.75) is 6.92 Å². The Balaban J connectivity index is 1.75. The Labute approximate surface area is 145 Å². The van der Waals surface area contributed by atoms with Gasteiger partial charge in [0.1, 0.15) is 11.5 Å². The molecule has 0 aliphatic rings. The monoisotopic (exact) mass is 334 g/mol. The number of fused-ring (bicyclic) bond motifs is 1. The smallest absolute Gasteiger partial charge is 0.271 e. The van der Waals surface area contributed by atoms with Gasteiger partial charge in [0.2, 0.25) is 0 Å². The molecular formula is C20H18N2O3. The Morgan fingerprint density at radius 3 is 2.64 bits per heavy atom. The number of rotatable bonds is 4. The van der Waals surface area contributed by atoms with Crippen molar-refractivity contribution in [3.63, 3.8) is 0 Å². The number of phenolic OH excluding ortho intramolecular Hbond substituents is 1. The summed E-state index contributed by atoms with van der Waals surface area (Å²) in [6.45, 7) is 1.92. The maximum atomic E-state index is 12.2. The molecule has 0 radical (unpaired) electrons. The number of hydrazone groups is 1. The third kappa shape index (κ3) is 3.77. The number of benzene rings is 3. The van der Waals surface area contributed by atoms with Crippen LogP contribution >= 0.6 is 0 Å². The van der Waals surface area contributed by atoms with Gasteiger partial charge < -0.3 is 9.84 Å². The van der Waals surface area contributed by atoms with Gasteiger partial charge in [0, 0.05) is 11.1 Å². The van der Waals surface area contributed by atoms with Crippen LogP contribution < -0.4 is 10.2 Å². The van der Waals surface area contributed by atoms with E-state index < -0.39 is 0 Å². The second kappa shape index (κ2) is 7.05. The van der Waals surface area contributed by atoms with Gasteiger partial charge in [0.15, 0.2) is 0 Å². The largest absolute Gasteiger partial charge is 0.507 e. The number of methoxy groups -OCH3 is 1. The predicted octanol–water partition coefficient (Wildman–Crippen LogP) is 3.63. The summed E-state index contributed by atoms with van der Waals surface area (Å²) in [4.78, 5) is 12.2. The maximum absolute atomic E-state index is 12.2. The summed E-state index contributed by atoms with van der Waals surface area (Å²) in [7, 11) is 1.62. The number of hydrogen-bond acceptors (Lipinski definition) is 4. The highest BCUT2D eigenvalue weighted by molar-refractivity contribution is 5.99. The molecule has 0 aliphatic heterocycles. The van der Waals surface area contributed by atoms with Crippen LogP contribution in [0.15, 0.2) is 59.7 Å². The molecule has 0 aromatic heterocycles. The number of nitrogens with zero attached hydrogens (tertiary/aromatic N) is 1. The van der Waals surface area contributed by atoms with E-state index in [4.69, 9.17) is 4.74 Å². The maximum Gasteiger partial charge on any atom is 0.271 e. The Bertz CT molecular complexity index is 964. The fraction of sp³-hybridized carbons (Fsp3) is 0.100. The number of carbonyl (C=O) groups is 1. The van der Waals surface area contributed by atoms with Gasteiger partial charge in [0.25, 0.3) is 5.91 Å². The molecule has 1 amide bonds. The minimum absolute atomic E-state index is 0.114. The van der Waals surface area contributed by atoms with Crippen LogP contribution in [0.3, 0.4) is 0 Å². The van der Waals surface area contributed by atoms with Crippen molar-refractivity contribution in [1.29, 1.82) is 0 Å². The Kier molecular flexibility index (Phi) is 4.66. The van der Waals surface area contributed by atoms with E-state index in [0.29, 0.717) is 11.1 Å². The van der Waals surface area contributed by atoms with Crippen LogP contribution in [0.5, 0.6) is 11.5 Å². The first-order chi connectivity index (χ1) is 12.1. The fourth-order valence-electron chi connectivity index (χ4n) is 2.49. The number of amides is 1. The van der Waals surface area contributed by atoms with Crippen LogP contribution in [0.25, 0.3) is 10.8 Å². The lowest BCUT2D eigenvalue weighted by Crippen LogP contribution is -2.17. The van der Waals surface area contributed by atoms with E-state index in [1.54, 1.807) is 37.4 Å². The lowest BCUT2D eigenvalue weighted by atomic mass is 10.1. The Hall–Kier alpha value is -3.34. The zero-order valence-electron chi connectivity index (χ0n) is 14.0. The second-order valence-electron chi connectivity index (χ2n) is 5.69. The second-order valence-corrected chi connectivity index (χ2v) is 5.69. The summed E-state index contributed by atoms with van der Waals surface area (Å²) in [5.74, 6) is 0.566. The van der Waals surface area contributed by atoms with Crippen LogP contribution in [0, 0.1) is 6.92 Å². The van der Waals surface area contributed by atoms with Crippen LogP contribution in [-0.4, -0.2) is 24.3 Å². The van der Waals surface area contributed by atoms with Crippen molar-refractivity contribution in [2.24, 2.45) is 5.10 Å². The van der Waals surface area contributed by atoms with E-state index in [0.717, 1.165) is 22.1 Å². The van der Waals surface area contributed by atoms with Crippen LogP contribution in [0.2, 0.25) is 0 Å². The average molecular weight is 334 g/mol. The molecule has 0 heterocycles. The normalized spacial score (nSPS) is 11.0. The number of hydrogen-bond donors (Lipinski definition) is 2. The summed E-state index contributed by atoms with van der Waals surface area (Å²) in [6, 6.07) is 16.2. The number of aromatic hydroxyl groups is 1. The molecule has 2 N–H and O–H groups in total. The lowest BCUT2D eigenvalue weighted by molar-refractivity contribution is 0.0955. The molecule has 0 atom stereocenters. The zero-order chi connectivity index (χ0) is 17.8. The molecule has 0 unspecified atom stereocenters. The van der Waals surface area contributed by atoms with Crippen molar-refractivity contribution in [1.82, 2.24) is 5.43 Å². The van der Waals surface area contributed by atoms with Gasteiger partial charge in [-0.15, -0.1) is 0 Å². The van der Waals surface area contributed by atoms with Gasteiger partial charge in [-0.3, -0.25) is 4.79 Å². The van der Waals surface area contributed by atoms with Crippen molar-refractivity contribution >= 4 is 22.9 Å². The van der Waals surface area contributed by atoms with E-state index in [9.17, 15) is 9.90 Å². The first-order valence-corrected chi connectivity index (χ1v) is 7.77. The molecule has 25 heavy (non-hydrogen) atoms. The van der Waals surface area contributed by atoms with Crippen molar-refractivity contribution in [3.8, 4) is 11.5 Å². The minimum atomic E-state index is -0.318. The van der Waals surface area contributed by atoms with E-state index in [2.05, 4.69) is 10.5 Å². The number of phenols is 1. The molecule has 3 rings (SSSR count). The molecule has 0 bridgehead atoms. The lowest BCUT2D eigenvalue weighted by Gasteiger charge is -2.05. The van der Waals surface area contributed by atoms with Crippen molar-refractivity contribution in [2.75, 3.05) is 7.11 Å². The zero-order valence-corrected chi connectivity index (χ0v) is 14.0. The van der Waals surface area contributed by atoms with Gasteiger partial charge in [0.05, 0.1) is 13.3 Å². The molecule has 0 aliphatic carbocycles. The number of nitrogens with one attached hydrogen (secondary N) is 1. The highest BCUT2D eigenvalue weighted by Gasteiger charge is 2.06. The van der Waals surface area contributed by atoms with Crippen molar-refractivity contribution in [3.05, 3.63) is 71.3 Å². The molecule has 3 aromatic carbocycles. The highest BCUT2D eigenvalue weighted by atomic mass is 16.5. The Morgan fingerprint density at radius 1 is 1.08 bits per heavy atom. The van der Waals surface area contributed by atoms with Crippen LogP contribution in [-0.2, 0) is 0 Å². The third-order valence-corrected chi connectivity index (χ3v) is 3.86. The SMILES string of the molecule is COc1ccc2cc(C(=O)N/N=C\c3cc(C)ccc3O)ccc2c1. The van der Waals surface area contributed by atoms with Crippen LogP contribution in [0.1, 0.15) is 21.5 Å².